The molecule has 0 unspecified atom stereocenters. The van der Waals surface area contributed by atoms with Crippen molar-refractivity contribution in [1.29, 1.82) is 0 Å². The monoisotopic (exact) mass is 386 g/mol. The van der Waals surface area contributed by atoms with Crippen LogP contribution in [-0.2, 0) is 11.3 Å². The summed E-state index contributed by atoms with van der Waals surface area (Å²) in [4.78, 5) is 16.7. The van der Waals surface area contributed by atoms with E-state index in [9.17, 15) is 9.18 Å². The topological polar surface area (TPSA) is 42.0 Å². The Morgan fingerprint density at radius 3 is 2.54 bits per heavy atom. The van der Waals surface area contributed by atoms with Crippen molar-refractivity contribution in [3.63, 3.8) is 0 Å². The third kappa shape index (κ3) is 4.62. The number of anilines is 1. The van der Waals surface area contributed by atoms with Gasteiger partial charge >= 0.3 is 0 Å². The van der Waals surface area contributed by atoms with Crippen molar-refractivity contribution in [3.05, 3.63) is 59.4 Å². The van der Waals surface area contributed by atoms with Crippen molar-refractivity contribution < 1.29 is 18.7 Å². The first kappa shape index (κ1) is 20.1. The SMILES string of the molecule is CCCOCc1cc(C(=O)N2CCN(c3ccccc3F)CC2)ccc1OC. The summed E-state index contributed by atoms with van der Waals surface area (Å²) in [7, 11) is 1.61. The molecule has 0 radical (unpaired) electrons. The maximum atomic E-state index is 14.0. The van der Waals surface area contributed by atoms with E-state index in [1.54, 1.807) is 25.3 Å². The molecule has 5 nitrogen and oxygen atoms in total. The second kappa shape index (κ2) is 9.55. The van der Waals surface area contributed by atoms with Crippen LogP contribution in [0.25, 0.3) is 0 Å². The molecule has 0 saturated carbocycles. The highest BCUT2D eigenvalue weighted by atomic mass is 19.1. The molecule has 1 amide bonds. The van der Waals surface area contributed by atoms with Crippen LogP contribution in [0.4, 0.5) is 10.1 Å². The molecule has 0 aliphatic carbocycles. The van der Waals surface area contributed by atoms with Crippen molar-refractivity contribution in [2.75, 3.05) is 44.8 Å². The molecular weight excluding hydrogens is 359 g/mol. The molecule has 1 aliphatic heterocycles. The number of methoxy groups -OCH3 is 1. The Morgan fingerprint density at radius 1 is 1.11 bits per heavy atom. The predicted molar refractivity (Wildman–Crippen MR) is 107 cm³/mol. The molecule has 1 fully saturated rings. The quantitative estimate of drug-likeness (QED) is 0.680. The molecule has 1 aliphatic rings. The first-order valence-corrected chi connectivity index (χ1v) is 9.67. The van der Waals surface area contributed by atoms with Gasteiger partial charge in [-0.15, -0.1) is 0 Å². The lowest BCUT2D eigenvalue weighted by atomic mass is 10.1. The fraction of sp³-hybridized carbons (Fsp3) is 0.409. The van der Waals surface area contributed by atoms with Crippen molar-refractivity contribution in [2.45, 2.75) is 20.0 Å². The predicted octanol–water partition coefficient (Wildman–Crippen LogP) is 3.72. The molecule has 1 heterocycles. The van der Waals surface area contributed by atoms with Crippen LogP contribution >= 0.6 is 0 Å². The van der Waals surface area contributed by atoms with Crippen molar-refractivity contribution >= 4 is 11.6 Å². The molecule has 0 bridgehead atoms. The highest BCUT2D eigenvalue weighted by molar-refractivity contribution is 5.94. The molecule has 0 N–H and O–H groups in total. The standard InChI is InChI=1S/C22H27FN2O3/c1-3-14-28-16-18-15-17(8-9-21(18)27-2)22(26)25-12-10-24(11-13-25)20-7-5-4-6-19(20)23/h4-9,15H,3,10-14,16H2,1-2H3. The van der Waals surface area contributed by atoms with Gasteiger partial charge in [-0.05, 0) is 36.8 Å². The lowest BCUT2D eigenvalue weighted by molar-refractivity contribution is 0.0746. The summed E-state index contributed by atoms with van der Waals surface area (Å²) < 4.78 is 25.0. The van der Waals surface area contributed by atoms with Crippen molar-refractivity contribution in [3.8, 4) is 5.75 Å². The molecule has 0 aromatic heterocycles. The number of carbonyl (C=O) groups excluding carboxylic acids is 1. The van der Waals surface area contributed by atoms with Crippen LogP contribution in [0.15, 0.2) is 42.5 Å². The van der Waals surface area contributed by atoms with E-state index in [0.29, 0.717) is 50.6 Å². The van der Waals surface area contributed by atoms with Crippen molar-refractivity contribution in [2.24, 2.45) is 0 Å². The van der Waals surface area contributed by atoms with Gasteiger partial charge in [0, 0.05) is 43.9 Å². The van der Waals surface area contributed by atoms with E-state index in [1.807, 2.05) is 28.0 Å². The van der Waals surface area contributed by atoms with Gasteiger partial charge in [0.2, 0.25) is 0 Å². The van der Waals surface area contributed by atoms with Crippen LogP contribution in [0.2, 0.25) is 0 Å². The van der Waals surface area contributed by atoms with E-state index in [0.717, 1.165) is 17.7 Å². The lowest BCUT2D eigenvalue weighted by Gasteiger charge is -2.36. The van der Waals surface area contributed by atoms with Gasteiger partial charge in [0.05, 0.1) is 19.4 Å². The van der Waals surface area contributed by atoms with Crippen LogP contribution in [0.3, 0.4) is 0 Å². The summed E-state index contributed by atoms with van der Waals surface area (Å²) in [5, 5.41) is 0. The normalized spacial score (nSPS) is 14.2. The second-order valence-electron chi connectivity index (χ2n) is 6.81. The van der Waals surface area contributed by atoms with E-state index in [2.05, 4.69) is 6.92 Å². The maximum Gasteiger partial charge on any atom is 0.253 e. The fourth-order valence-electron chi connectivity index (χ4n) is 3.39. The van der Waals surface area contributed by atoms with Crippen LogP contribution in [0.1, 0.15) is 29.3 Å². The van der Waals surface area contributed by atoms with Crippen LogP contribution in [-0.4, -0.2) is 50.7 Å². The largest absolute Gasteiger partial charge is 0.496 e. The van der Waals surface area contributed by atoms with Gasteiger partial charge in [0.25, 0.3) is 5.91 Å². The Kier molecular flexibility index (Phi) is 6.87. The number of carbonyl (C=O) groups is 1. The number of hydrogen-bond donors (Lipinski definition) is 0. The van der Waals surface area contributed by atoms with Crippen LogP contribution in [0, 0.1) is 5.82 Å². The van der Waals surface area contributed by atoms with Gasteiger partial charge in [-0.2, -0.15) is 0 Å². The Balaban J connectivity index is 1.66. The first-order chi connectivity index (χ1) is 13.6. The minimum atomic E-state index is -0.228. The van der Waals surface area contributed by atoms with E-state index in [-0.39, 0.29) is 11.7 Å². The number of ether oxygens (including phenoxy) is 2. The molecule has 150 valence electrons. The number of benzene rings is 2. The molecule has 6 heteroatoms. The molecule has 2 aromatic rings. The highest BCUT2D eigenvalue weighted by Crippen LogP contribution is 2.24. The lowest BCUT2D eigenvalue weighted by Crippen LogP contribution is -2.49. The number of halogens is 1. The number of nitrogens with zero attached hydrogens (tertiary/aromatic N) is 2. The van der Waals surface area contributed by atoms with Crippen LogP contribution < -0.4 is 9.64 Å². The Labute approximate surface area is 165 Å². The zero-order valence-electron chi connectivity index (χ0n) is 16.5. The number of rotatable bonds is 7. The summed E-state index contributed by atoms with van der Waals surface area (Å²) >= 11 is 0. The highest BCUT2D eigenvalue weighted by Gasteiger charge is 2.24. The summed E-state index contributed by atoms with van der Waals surface area (Å²) in [5.74, 6) is 0.471. The van der Waals surface area contributed by atoms with Crippen LogP contribution in [0.5, 0.6) is 5.75 Å². The average Bonchev–Trinajstić information content (AvgIpc) is 2.74. The molecule has 3 rings (SSSR count). The summed E-state index contributed by atoms with van der Waals surface area (Å²) in [5.41, 5.74) is 2.08. The Morgan fingerprint density at radius 2 is 1.86 bits per heavy atom. The molecule has 0 spiro atoms. The van der Waals surface area contributed by atoms with Gasteiger partial charge in [0.15, 0.2) is 0 Å². The maximum absolute atomic E-state index is 14.0. The zero-order valence-corrected chi connectivity index (χ0v) is 16.5. The summed E-state index contributed by atoms with van der Waals surface area (Å²) in [6, 6.07) is 12.2. The molecule has 28 heavy (non-hydrogen) atoms. The number of amides is 1. The summed E-state index contributed by atoms with van der Waals surface area (Å²) in [6.45, 7) is 5.46. The minimum Gasteiger partial charge on any atom is -0.496 e. The van der Waals surface area contributed by atoms with E-state index >= 15 is 0 Å². The second-order valence-corrected chi connectivity index (χ2v) is 6.81. The van der Waals surface area contributed by atoms with E-state index in [1.165, 1.54) is 6.07 Å². The zero-order chi connectivity index (χ0) is 19.9. The minimum absolute atomic E-state index is 0.0208. The number of para-hydroxylation sites is 1. The number of piperazine rings is 1. The van der Waals surface area contributed by atoms with Gasteiger partial charge in [-0.1, -0.05) is 19.1 Å². The third-order valence-electron chi connectivity index (χ3n) is 4.89. The van der Waals surface area contributed by atoms with E-state index < -0.39 is 0 Å². The van der Waals surface area contributed by atoms with Gasteiger partial charge in [0.1, 0.15) is 11.6 Å². The van der Waals surface area contributed by atoms with Gasteiger partial charge < -0.3 is 19.3 Å². The number of hydrogen-bond acceptors (Lipinski definition) is 4. The van der Waals surface area contributed by atoms with Gasteiger partial charge in [-0.3, -0.25) is 4.79 Å². The van der Waals surface area contributed by atoms with Gasteiger partial charge in [-0.25, -0.2) is 4.39 Å². The van der Waals surface area contributed by atoms with E-state index in [4.69, 9.17) is 9.47 Å². The Hall–Kier alpha value is -2.60. The molecule has 1 saturated heterocycles. The molecule has 0 atom stereocenters. The van der Waals surface area contributed by atoms with Crippen molar-refractivity contribution in [1.82, 2.24) is 4.90 Å². The first-order valence-electron chi connectivity index (χ1n) is 9.67. The fourth-order valence-corrected chi connectivity index (χ4v) is 3.39. The summed E-state index contributed by atoms with van der Waals surface area (Å²) in [6.07, 6.45) is 0.938. The smallest absolute Gasteiger partial charge is 0.253 e. The Bertz CT molecular complexity index is 804. The molecular formula is C22H27FN2O3. The molecule has 2 aromatic carbocycles. The third-order valence-corrected chi connectivity index (χ3v) is 4.89. The average molecular weight is 386 g/mol.